The van der Waals surface area contributed by atoms with Gasteiger partial charge in [-0.25, -0.2) is 0 Å². The number of nitrogens with zero attached hydrogens (tertiary/aromatic N) is 2. The van der Waals surface area contributed by atoms with Crippen LogP contribution in [0.1, 0.15) is 45.4 Å². The SMILES string of the molecule is CCC1CCC(C(=O)O)C(N2CCN(C3CC3)CC2)C1. The van der Waals surface area contributed by atoms with Crippen LogP contribution in [-0.4, -0.2) is 59.1 Å². The molecule has 2 saturated carbocycles. The summed E-state index contributed by atoms with van der Waals surface area (Å²) in [6.07, 6.45) is 7.02. The van der Waals surface area contributed by atoms with Crippen molar-refractivity contribution in [3.05, 3.63) is 0 Å². The number of hydrogen-bond acceptors (Lipinski definition) is 3. The normalized spacial score (nSPS) is 37.0. The molecule has 4 heteroatoms. The fourth-order valence-electron chi connectivity index (χ4n) is 4.17. The van der Waals surface area contributed by atoms with Crippen LogP contribution in [0.15, 0.2) is 0 Å². The van der Waals surface area contributed by atoms with Gasteiger partial charge < -0.3 is 5.11 Å². The summed E-state index contributed by atoms with van der Waals surface area (Å²) >= 11 is 0. The molecule has 0 spiro atoms. The van der Waals surface area contributed by atoms with E-state index in [-0.39, 0.29) is 12.0 Å². The van der Waals surface area contributed by atoms with Crippen LogP contribution in [0.2, 0.25) is 0 Å². The van der Waals surface area contributed by atoms with Gasteiger partial charge in [0, 0.05) is 38.3 Å². The number of carboxylic acids is 1. The van der Waals surface area contributed by atoms with Crippen molar-refractivity contribution in [2.45, 2.75) is 57.5 Å². The van der Waals surface area contributed by atoms with Gasteiger partial charge in [0.25, 0.3) is 0 Å². The van der Waals surface area contributed by atoms with Crippen LogP contribution in [0.3, 0.4) is 0 Å². The number of rotatable bonds is 4. The van der Waals surface area contributed by atoms with E-state index in [9.17, 15) is 9.90 Å². The number of aliphatic carboxylic acids is 1. The first kappa shape index (κ1) is 14.3. The van der Waals surface area contributed by atoms with E-state index < -0.39 is 5.97 Å². The zero-order valence-corrected chi connectivity index (χ0v) is 12.6. The number of carboxylic acid groups (broad SMARTS) is 1. The molecule has 3 atom stereocenters. The van der Waals surface area contributed by atoms with E-state index in [2.05, 4.69) is 16.7 Å². The first-order chi connectivity index (χ1) is 9.69. The van der Waals surface area contributed by atoms with Gasteiger partial charge in [0.1, 0.15) is 0 Å². The van der Waals surface area contributed by atoms with Crippen molar-refractivity contribution in [3.8, 4) is 0 Å². The van der Waals surface area contributed by atoms with Crippen LogP contribution in [0.5, 0.6) is 0 Å². The number of hydrogen-bond donors (Lipinski definition) is 1. The van der Waals surface area contributed by atoms with Crippen LogP contribution in [0.4, 0.5) is 0 Å². The van der Waals surface area contributed by atoms with E-state index in [0.29, 0.717) is 0 Å². The van der Waals surface area contributed by atoms with Crippen molar-refractivity contribution < 1.29 is 9.90 Å². The molecule has 3 unspecified atom stereocenters. The standard InChI is InChI=1S/C16H28N2O2/c1-2-12-3-6-14(16(19)20)15(11-12)18-9-7-17(8-10-18)13-4-5-13/h12-15H,2-11H2,1H3,(H,19,20). The molecular formula is C16H28N2O2. The van der Waals surface area contributed by atoms with Crippen LogP contribution < -0.4 is 0 Å². The highest BCUT2D eigenvalue weighted by atomic mass is 16.4. The molecular weight excluding hydrogens is 252 g/mol. The van der Waals surface area contributed by atoms with E-state index in [0.717, 1.165) is 57.4 Å². The topological polar surface area (TPSA) is 43.8 Å². The fraction of sp³-hybridized carbons (Fsp3) is 0.938. The van der Waals surface area contributed by atoms with Gasteiger partial charge in [-0.15, -0.1) is 0 Å². The fourth-order valence-corrected chi connectivity index (χ4v) is 4.17. The Balaban J connectivity index is 1.61. The molecule has 114 valence electrons. The largest absolute Gasteiger partial charge is 0.481 e. The maximum absolute atomic E-state index is 11.5. The molecule has 20 heavy (non-hydrogen) atoms. The molecule has 0 bridgehead atoms. The smallest absolute Gasteiger partial charge is 0.308 e. The molecule has 1 N–H and O–H groups in total. The summed E-state index contributed by atoms with van der Waals surface area (Å²) in [5, 5.41) is 9.51. The van der Waals surface area contributed by atoms with Crippen molar-refractivity contribution in [1.29, 1.82) is 0 Å². The Morgan fingerprint density at radius 3 is 2.25 bits per heavy atom. The third-order valence-corrected chi connectivity index (χ3v) is 5.70. The maximum Gasteiger partial charge on any atom is 0.308 e. The highest BCUT2D eigenvalue weighted by Crippen LogP contribution is 2.35. The lowest BCUT2D eigenvalue weighted by Crippen LogP contribution is -2.55. The van der Waals surface area contributed by atoms with Gasteiger partial charge in [0.2, 0.25) is 0 Å². The van der Waals surface area contributed by atoms with Crippen LogP contribution in [0.25, 0.3) is 0 Å². The lowest BCUT2D eigenvalue weighted by atomic mass is 9.76. The summed E-state index contributed by atoms with van der Waals surface area (Å²) in [5.74, 6) is 0.0245. The molecule has 3 aliphatic rings. The van der Waals surface area contributed by atoms with Crippen molar-refractivity contribution in [2.75, 3.05) is 26.2 Å². The maximum atomic E-state index is 11.5. The summed E-state index contributed by atoms with van der Waals surface area (Å²) in [7, 11) is 0. The quantitative estimate of drug-likeness (QED) is 0.856. The number of piperazine rings is 1. The summed E-state index contributed by atoms with van der Waals surface area (Å²) in [5.41, 5.74) is 0. The third-order valence-electron chi connectivity index (χ3n) is 5.70. The van der Waals surface area contributed by atoms with Gasteiger partial charge >= 0.3 is 5.97 Å². The lowest BCUT2D eigenvalue weighted by Gasteiger charge is -2.45. The summed E-state index contributed by atoms with van der Waals surface area (Å²) in [4.78, 5) is 16.6. The molecule has 0 aromatic heterocycles. The first-order valence-electron chi connectivity index (χ1n) is 8.40. The van der Waals surface area contributed by atoms with Gasteiger partial charge in [-0.3, -0.25) is 14.6 Å². The minimum Gasteiger partial charge on any atom is -0.481 e. The molecule has 0 radical (unpaired) electrons. The molecule has 0 aromatic rings. The Morgan fingerprint density at radius 2 is 1.70 bits per heavy atom. The Hall–Kier alpha value is -0.610. The van der Waals surface area contributed by atoms with Gasteiger partial charge in [0.15, 0.2) is 0 Å². The predicted molar refractivity (Wildman–Crippen MR) is 78.7 cm³/mol. The molecule has 2 aliphatic carbocycles. The van der Waals surface area contributed by atoms with Gasteiger partial charge in [0.05, 0.1) is 5.92 Å². The monoisotopic (exact) mass is 280 g/mol. The van der Waals surface area contributed by atoms with Crippen LogP contribution in [0, 0.1) is 11.8 Å². The van der Waals surface area contributed by atoms with E-state index in [1.807, 2.05) is 0 Å². The molecule has 1 saturated heterocycles. The average molecular weight is 280 g/mol. The van der Waals surface area contributed by atoms with Crippen LogP contribution >= 0.6 is 0 Å². The summed E-state index contributed by atoms with van der Waals surface area (Å²) in [6, 6.07) is 1.13. The van der Waals surface area contributed by atoms with E-state index in [1.165, 1.54) is 19.3 Å². The highest BCUT2D eigenvalue weighted by molar-refractivity contribution is 5.71. The zero-order chi connectivity index (χ0) is 14.1. The molecule has 3 rings (SSSR count). The van der Waals surface area contributed by atoms with Gasteiger partial charge in [-0.1, -0.05) is 13.3 Å². The molecule has 1 heterocycles. The second kappa shape index (κ2) is 6.02. The van der Waals surface area contributed by atoms with Crippen LogP contribution in [-0.2, 0) is 4.79 Å². The Morgan fingerprint density at radius 1 is 1.05 bits per heavy atom. The minimum absolute atomic E-state index is 0.134. The van der Waals surface area contributed by atoms with Crippen molar-refractivity contribution in [3.63, 3.8) is 0 Å². The molecule has 1 aliphatic heterocycles. The predicted octanol–water partition coefficient (Wildman–Crippen LogP) is 2.05. The molecule has 4 nitrogen and oxygen atoms in total. The Kier molecular flexibility index (Phi) is 4.32. The third kappa shape index (κ3) is 3.01. The molecule has 0 aromatic carbocycles. The summed E-state index contributed by atoms with van der Waals surface area (Å²) < 4.78 is 0. The Bertz CT molecular complexity index is 348. The zero-order valence-electron chi connectivity index (χ0n) is 12.6. The van der Waals surface area contributed by atoms with Crippen molar-refractivity contribution in [1.82, 2.24) is 9.80 Å². The minimum atomic E-state index is -0.575. The second-order valence-electron chi connectivity index (χ2n) is 6.90. The van der Waals surface area contributed by atoms with E-state index >= 15 is 0 Å². The first-order valence-corrected chi connectivity index (χ1v) is 8.40. The highest BCUT2D eigenvalue weighted by Gasteiger charge is 2.40. The van der Waals surface area contributed by atoms with E-state index in [1.54, 1.807) is 0 Å². The van der Waals surface area contributed by atoms with Crippen molar-refractivity contribution in [2.24, 2.45) is 11.8 Å². The lowest BCUT2D eigenvalue weighted by molar-refractivity contribution is -0.146. The Labute approximate surface area is 122 Å². The molecule has 0 amide bonds. The average Bonchev–Trinajstić information content (AvgIpc) is 3.31. The van der Waals surface area contributed by atoms with Gasteiger partial charge in [-0.05, 0) is 38.0 Å². The number of carbonyl (C=O) groups is 1. The van der Waals surface area contributed by atoms with E-state index in [4.69, 9.17) is 0 Å². The summed E-state index contributed by atoms with van der Waals surface area (Å²) in [6.45, 7) is 6.67. The van der Waals surface area contributed by atoms with Gasteiger partial charge in [-0.2, -0.15) is 0 Å². The van der Waals surface area contributed by atoms with Crippen molar-refractivity contribution >= 4 is 5.97 Å². The second-order valence-corrected chi connectivity index (χ2v) is 6.90. The molecule has 3 fully saturated rings.